The maximum atomic E-state index is 2.23. The number of aryl methyl sites for hydroxylation is 1. The van der Waals surface area contributed by atoms with Crippen molar-refractivity contribution in [3.8, 4) is 0 Å². The summed E-state index contributed by atoms with van der Waals surface area (Å²) in [4.78, 5) is 1.47. The Hall–Kier alpha value is -0.430. The van der Waals surface area contributed by atoms with Gasteiger partial charge in [0, 0.05) is 10.6 Å². The fourth-order valence-electron chi connectivity index (χ4n) is 1.59. The van der Waals surface area contributed by atoms with Gasteiger partial charge in [-0.05, 0) is 37.3 Å². The number of hydrogen-bond acceptors (Lipinski definition) is 1. The van der Waals surface area contributed by atoms with E-state index in [0.29, 0.717) is 0 Å². The zero-order valence-corrected chi connectivity index (χ0v) is 8.94. The molecule has 0 amide bonds. The molecule has 2 rings (SSSR count). The van der Waals surface area contributed by atoms with Gasteiger partial charge in [-0.1, -0.05) is 24.6 Å². The summed E-state index contributed by atoms with van der Waals surface area (Å²) in [6.07, 6.45) is 4.37. The van der Waals surface area contributed by atoms with E-state index in [-0.39, 0.29) is 0 Å². The van der Waals surface area contributed by atoms with Gasteiger partial charge >= 0.3 is 0 Å². The minimum absolute atomic E-state index is 1.00. The molecule has 1 aromatic carbocycles. The van der Waals surface area contributed by atoms with Crippen LogP contribution in [-0.2, 0) is 0 Å². The predicted molar refractivity (Wildman–Crippen MR) is 59.2 cm³/mol. The second-order valence-electron chi connectivity index (χ2n) is 3.87. The zero-order chi connectivity index (χ0) is 9.10. The van der Waals surface area contributed by atoms with E-state index in [1.807, 2.05) is 11.8 Å². The first-order valence-electron chi connectivity index (χ1n) is 5.04. The molecule has 0 atom stereocenters. The smallest absolute Gasteiger partial charge is 0.0101 e. The monoisotopic (exact) mass is 192 g/mol. The Morgan fingerprint density at radius 2 is 2.08 bits per heavy atom. The quantitative estimate of drug-likeness (QED) is 0.655. The van der Waals surface area contributed by atoms with E-state index in [1.165, 1.54) is 35.5 Å². The summed E-state index contributed by atoms with van der Waals surface area (Å²) in [7, 11) is 0. The second-order valence-corrected chi connectivity index (χ2v) is 4.94. The Kier molecular flexibility index (Phi) is 2.94. The van der Waals surface area contributed by atoms with Gasteiger partial charge < -0.3 is 0 Å². The molecule has 0 aromatic heterocycles. The minimum atomic E-state index is 1.00. The van der Waals surface area contributed by atoms with Crippen LogP contribution in [-0.4, -0.2) is 5.75 Å². The highest BCUT2D eigenvalue weighted by atomic mass is 32.2. The van der Waals surface area contributed by atoms with Gasteiger partial charge in [-0.15, -0.1) is 11.8 Å². The van der Waals surface area contributed by atoms with Gasteiger partial charge in [0.2, 0.25) is 0 Å². The van der Waals surface area contributed by atoms with Crippen molar-refractivity contribution in [2.75, 3.05) is 5.75 Å². The molecule has 1 saturated carbocycles. The van der Waals surface area contributed by atoms with Crippen LogP contribution in [0.1, 0.15) is 24.8 Å². The first-order chi connectivity index (χ1) is 6.36. The van der Waals surface area contributed by atoms with Gasteiger partial charge in [0.05, 0.1) is 0 Å². The third-order valence-electron chi connectivity index (χ3n) is 2.79. The highest BCUT2D eigenvalue weighted by Crippen LogP contribution is 2.33. The van der Waals surface area contributed by atoms with Gasteiger partial charge in [-0.25, -0.2) is 0 Å². The molecule has 0 radical (unpaired) electrons. The van der Waals surface area contributed by atoms with Gasteiger partial charge in [-0.2, -0.15) is 0 Å². The molecule has 0 aliphatic heterocycles. The molecule has 0 heterocycles. The van der Waals surface area contributed by atoms with Crippen molar-refractivity contribution in [1.29, 1.82) is 0 Å². The summed E-state index contributed by atoms with van der Waals surface area (Å²) in [6.45, 7) is 2.20. The molecule has 0 bridgehead atoms. The average Bonchev–Trinajstić information content (AvgIpc) is 2.05. The largest absolute Gasteiger partial charge is 0.126 e. The first kappa shape index (κ1) is 9.14. The molecular weight excluding hydrogens is 176 g/mol. The van der Waals surface area contributed by atoms with Crippen molar-refractivity contribution in [2.24, 2.45) is 5.92 Å². The van der Waals surface area contributed by atoms with E-state index in [9.17, 15) is 0 Å². The van der Waals surface area contributed by atoms with Crippen LogP contribution in [0.25, 0.3) is 0 Å². The summed E-state index contributed by atoms with van der Waals surface area (Å²) in [5.74, 6) is 2.33. The Balaban J connectivity index is 1.89. The van der Waals surface area contributed by atoms with Crippen molar-refractivity contribution in [1.82, 2.24) is 0 Å². The molecule has 1 fully saturated rings. The van der Waals surface area contributed by atoms with Gasteiger partial charge in [-0.3, -0.25) is 0 Å². The van der Waals surface area contributed by atoms with Crippen LogP contribution in [0.5, 0.6) is 0 Å². The lowest BCUT2D eigenvalue weighted by atomic mass is 9.87. The Bertz CT molecular complexity index is 276. The zero-order valence-electron chi connectivity index (χ0n) is 8.12. The standard InChI is InChI=1S/C12H16S/c1-10-5-2-3-8-12(10)13-9-11-6-4-7-11/h2-3,5,8,11H,4,6-7,9H2,1H3. The van der Waals surface area contributed by atoms with E-state index >= 15 is 0 Å². The molecule has 0 unspecified atom stereocenters. The highest BCUT2D eigenvalue weighted by molar-refractivity contribution is 7.99. The van der Waals surface area contributed by atoms with Crippen LogP contribution in [0, 0.1) is 12.8 Å². The van der Waals surface area contributed by atoms with Crippen molar-refractivity contribution >= 4 is 11.8 Å². The van der Waals surface area contributed by atoms with Crippen LogP contribution >= 0.6 is 11.8 Å². The summed E-state index contributed by atoms with van der Waals surface area (Å²) in [6, 6.07) is 8.68. The van der Waals surface area contributed by atoms with E-state index in [4.69, 9.17) is 0 Å². The third-order valence-corrected chi connectivity index (χ3v) is 4.20. The van der Waals surface area contributed by atoms with Crippen LogP contribution in [0.15, 0.2) is 29.2 Å². The molecule has 1 heteroatoms. The molecule has 13 heavy (non-hydrogen) atoms. The number of rotatable bonds is 3. The lowest BCUT2D eigenvalue weighted by Gasteiger charge is -2.24. The summed E-state index contributed by atoms with van der Waals surface area (Å²) in [5, 5.41) is 0. The number of benzene rings is 1. The van der Waals surface area contributed by atoms with Crippen molar-refractivity contribution < 1.29 is 0 Å². The summed E-state index contributed by atoms with van der Waals surface area (Å²) >= 11 is 2.03. The summed E-state index contributed by atoms with van der Waals surface area (Å²) < 4.78 is 0. The molecule has 1 aliphatic carbocycles. The van der Waals surface area contributed by atoms with Crippen LogP contribution in [0.3, 0.4) is 0 Å². The fourth-order valence-corrected chi connectivity index (χ4v) is 2.80. The second kappa shape index (κ2) is 4.19. The van der Waals surface area contributed by atoms with Gasteiger partial charge in [0.1, 0.15) is 0 Å². The van der Waals surface area contributed by atoms with Crippen molar-refractivity contribution in [3.05, 3.63) is 29.8 Å². The molecule has 70 valence electrons. The normalized spacial score (nSPS) is 17.0. The maximum absolute atomic E-state index is 2.23. The van der Waals surface area contributed by atoms with Gasteiger partial charge in [0.15, 0.2) is 0 Å². The number of hydrogen-bond donors (Lipinski definition) is 0. The molecule has 0 spiro atoms. The minimum Gasteiger partial charge on any atom is -0.126 e. The molecule has 0 saturated heterocycles. The van der Waals surface area contributed by atoms with Crippen LogP contribution in [0.4, 0.5) is 0 Å². The van der Waals surface area contributed by atoms with E-state index < -0.39 is 0 Å². The SMILES string of the molecule is Cc1ccccc1SCC1CCC1. The van der Waals surface area contributed by atoms with Crippen molar-refractivity contribution in [2.45, 2.75) is 31.1 Å². The fraction of sp³-hybridized carbons (Fsp3) is 0.500. The Morgan fingerprint density at radius 3 is 2.69 bits per heavy atom. The van der Waals surface area contributed by atoms with E-state index in [1.54, 1.807) is 0 Å². The van der Waals surface area contributed by atoms with E-state index in [0.717, 1.165) is 5.92 Å². The average molecular weight is 192 g/mol. The molecule has 1 aliphatic rings. The molecule has 1 aromatic rings. The maximum Gasteiger partial charge on any atom is 0.0101 e. The predicted octanol–water partition coefficient (Wildman–Crippen LogP) is 3.89. The van der Waals surface area contributed by atoms with Crippen LogP contribution < -0.4 is 0 Å². The lowest BCUT2D eigenvalue weighted by molar-refractivity contribution is 0.353. The lowest BCUT2D eigenvalue weighted by Crippen LogP contribution is -2.13. The first-order valence-corrected chi connectivity index (χ1v) is 6.03. The molecular formula is C12H16S. The Labute approximate surface area is 84.7 Å². The van der Waals surface area contributed by atoms with Crippen LogP contribution in [0.2, 0.25) is 0 Å². The number of thioether (sulfide) groups is 1. The Morgan fingerprint density at radius 1 is 1.31 bits per heavy atom. The van der Waals surface area contributed by atoms with Crippen molar-refractivity contribution in [3.63, 3.8) is 0 Å². The molecule has 0 N–H and O–H groups in total. The summed E-state index contributed by atoms with van der Waals surface area (Å²) in [5.41, 5.74) is 1.42. The van der Waals surface area contributed by atoms with E-state index in [2.05, 4.69) is 31.2 Å². The third kappa shape index (κ3) is 2.28. The molecule has 0 nitrogen and oxygen atoms in total. The topological polar surface area (TPSA) is 0 Å². The highest BCUT2D eigenvalue weighted by Gasteiger charge is 2.17. The van der Waals surface area contributed by atoms with Gasteiger partial charge in [0.25, 0.3) is 0 Å².